The molecule has 1 aromatic rings. The minimum atomic E-state index is 0.158. The topological polar surface area (TPSA) is 38.3 Å². The molecule has 0 spiro atoms. The highest BCUT2D eigenvalue weighted by atomic mass is 16.5. The second kappa shape index (κ2) is 3.76. The zero-order chi connectivity index (χ0) is 11.9. The van der Waals surface area contributed by atoms with Gasteiger partial charge in [0.25, 0.3) is 0 Å². The summed E-state index contributed by atoms with van der Waals surface area (Å²) < 4.78 is 5.38. The lowest BCUT2D eigenvalue weighted by molar-refractivity contribution is -0.127. The van der Waals surface area contributed by atoms with E-state index in [9.17, 15) is 4.79 Å². The first-order chi connectivity index (χ1) is 8.25. The van der Waals surface area contributed by atoms with Crippen LogP contribution in [0.4, 0.5) is 0 Å². The first kappa shape index (κ1) is 10.6. The molecule has 0 aromatic heterocycles. The number of carbonyl (C=O) groups excluding carboxylic acids is 1. The number of benzene rings is 1. The molecule has 1 aliphatic heterocycles. The van der Waals surface area contributed by atoms with E-state index in [1.807, 2.05) is 18.2 Å². The van der Waals surface area contributed by atoms with Crippen molar-refractivity contribution in [1.29, 1.82) is 0 Å². The molecule has 3 rings (SSSR count). The minimum absolute atomic E-state index is 0.158. The van der Waals surface area contributed by atoms with Crippen LogP contribution in [-0.4, -0.2) is 19.6 Å². The standard InChI is InChI=1S/C14H17NO2/c1-17-12-5-3-2-4-10(12)8-14-7-6-11(14)13(16)15-9-14/h2-5,11H,6-9H2,1H3,(H,15,16). The van der Waals surface area contributed by atoms with E-state index >= 15 is 0 Å². The zero-order valence-corrected chi connectivity index (χ0v) is 10.0. The van der Waals surface area contributed by atoms with Crippen LogP contribution in [0.25, 0.3) is 0 Å². The Bertz CT molecular complexity index is 457. The van der Waals surface area contributed by atoms with Gasteiger partial charge in [-0.3, -0.25) is 4.79 Å². The largest absolute Gasteiger partial charge is 0.496 e. The summed E-state index contributed by atoms with van der Waals surface area (Å²) >= 11 is 0. The molecule has 1 N–H and O–H groups in total. The first-order valence-corrected chi connectivity index (χ1v) is 6.15. The van der Waals surface area contributed by atoms with Crippen molar-refractivity contribution in [3.8, 4) is 5.75 Å². The molecule has 1 aliphatic carbocycles. The highest BCUT2D eigenvalue weighted by Crippen LogP contribution is 2.52. The lowest BCUT2D eigenvalue weighted by Crippen LogP contribution is -2.42. The van der Waals surface area contributed by atoms with Crippen LogP contribution >= 0.6 is 0 Å². The maximum absolute atomic E-state index is 11.6. The van der Waals surface area contributed by atoms with Crippen LogP contribution in [0.2, 0.25) is 0 Å². The number of rotatable bonds is 3. The number of amides is 1. The Labute approximate surface area is 101 Å². The lowest BCUT2D eigenvalue weighted by atomic mass is 9.59. The van der Waals surface area contributed by atoms with E-state index in [0.717, 1.165) is 31.6 Å². The number of ether oxygens (including phenoxy) is 1. The van der Waals surface area contributed by atoms with Crippen molar-refractivity contribution in [2.24, 2.45) is 11.3 Å². The molecule has 3 heteroatoms. The molecule has 2 atom stereocenters. The van der Waals surface area contributed by atoms with Gasteiger partial charge in [-0.2, -0.15) is 0 Å². The van der Waals surface area contributed by atoms with E-state index in [4.69, 9.17) is 4.74 Å². The number of carbonyl (C=O) groups is 1. The zero-order valence-electron chi connectivity index (χ0n) is 10.0. The SMILES string of the molecule is COc1ccccc1CC12CCC1C(=O)NC2. The summed E-state index contributed by atoms with van der Waals surface area (Å²) in [4.78, 5) is 11.6. The summed E-state index contributed by atoms with van der Waals surface area (Å²) in [7, 11) is 1.70. The predicted octanol–water partition coefficient (Wildman–Crippen LogP) is 1.76. The minimum Gasteiger partial charge on any atom is -0.496 e. The first-order valence-electron chi connectivity index (χ1n) is 6.15. The Morgan fingerprint density at radius 1 is 1.47 bits per heavy atom. The van der Waals surface area contributed by atoms with Gasteiger partial charge in [-0.05, 0) is 30.9 Å². The molecule has 90 valence electrons. The summed E-state index contributed by atoms with van der Waals surface area (Å²) in [5.41, 5.74) is 1.38. The van der Waals surface area contributed by atoms with E-state index in [1.54, 1.807) is 7.11 Å². The van der Waals surface area contributed by atoms with Gasteiger partial charge >= 0.3 is 0 Å². The molecule has 0 radical (unpaired) electrons. The highest BCUT2D eigenvalue weighted by Gasteiger charge is 2.54. The number of fused-ring (bicyclic) bond motifs is 1. The summed E-state index contributed by atoms with van der Waals surface area (Å²) in [6.07, 6.45) is 3.13. The monoisotopic (exact) mass is 231 g/mol. The molecule has 1 saturated heterocycles. The Morgan fingerprint density at radius 2 is 2.29 bits per heavy atom. The van der Waals surface area contributed by atoms with Gasteiger partial charge < -0.3 is 10.1 Å². The number of methoxy groups -OCH3 is 1. The molecule has 17 heavy (non-hydrogen) atoms. The average Bonchev–Trinajstić information content (AvgIpc) is 2.53. The van der Waals surface area contributed by atoms with Gasteiger partial charge in [0.2, 0.25) is 5.91 Å². The van der Waals surface area contributed by atoms with Gasteiger partial charge in [0.15, 0.2) is 0 Å². The molecular formula is C14H17NO2. The van der Waals surface area contributed by atoms with Crippen LogP contribution in [0, 0.1) is 11.3 Å². The molecule has 1 amide bonds. The number of hydrogen-bond donors (Lipinski definition) is 1. The maximum Gasteiger partial charge on any atom is 0.223 e. The summed E-state index contributed by atoms with van der Waals surface area (Å²) in [6.45, 7) is 0.828. The van der Waals surface area contributed by atoms with Crippen LogP contribution in [0.15, 0.2) is 24.3 Å². The lowest BCUT2D eigenvalue weighted by Gasteiger charge is -2.42. The van der Waals surface area contributed by atoms with Crippen molar-refractivity contribution in [1.82, 2.24) is 5.32 Å². The van der Waals surface area contributed by atoms with Crippen LogP contribution in [-0.2, 0) is 11.2 Å². The third-order valence-corrected chi connectivity index (χ3v) is 4.34. The van der Waals surface area contributed by atoms with Crippen molar-refractivity contribution < 1.29 is 9.53 Å². The fourth-order valence-electron chi connectivity index (χ4n) is 3.21. The van der Waals surface area contributed by atoms with Crippen LogP contribution in [0.1, 0.15) is 18.4 Å². The Balaban J connectivity index is 1.86. The Morgan fingerprint density at radius 3 is 2.94 bits per heavy atom. The van der Waals surface area contributed by atoms with E-state index in [0.29, 0.717) is 0 Å². The van der Waals surface area contributed by atoms with Crippen molar-refractivity contribution in [2.45, 2.75) is 19.3 Å². The number of nitrogens with one attached hydrogen (secondary N) is 1. The van der Waals surface area contributed by atoms with E-state index in [2.05, 4.69) is 11.4 Å². The second-order valence-corrected chi connectivity index (χ2v) is 5.16. The van der Waals surface area contributed by atoms with Crippen molar-refractivity contribution in [3.63, 3.8) is 0 Å². The summed E-state index contributed by atoms with van der Waals surface area (Å²) in [5, 5.41) is 3.00. The average molecular weight is 231 g/mol. The molecule has 3 nitrogen and oxygen atoms in total. The third-order valence-electron chi connectivity index (χ3n) is 4.34. The molecule has 0 bridgehead atoms. The van der Waals surface area contributed by atoms with Crippen molar-refractivity contribution >= 4 is 5.91 Å². The Hall–Kier alpha value is -1.51. The van der Waals surface area contributed by atoms with E-state index < -0.39 is 0 Å². The van der Waals surface area contributed by atoms with Crippen molar-refractivity contribution in [2.75, 3.05) is 13.7 Å². The number of hydrogen-bond acceptors (Lipinski definition) is 2. The smallest absolute Gasteiger partial charge is 0.223 e. The fourth-order valence-corrected chi connectivity index (χ4v) is 3.21. The molecule has 2 aliphatic rings. The van der Waals surface area contributed by atoms with Crippen LogP contribution < -0.4 is 10.1 Å². The third kappa shape index (κ3) is 1.53. The van der Waals surface area contributed by atoms with E-state index in [-0.39, 0.29) is 17.2 Å². The van der Waals surface area contributed by atoms with Gasteiger partial charge in [0.05, 0.1) is 7.11 Å². The van der Waals surface area contributed by atoms with Gasteiger partial charge in [0.1, 0.15) is 5.75 Å². The highest BCUT2D eigenvalue weighted by molar-refractivity contribution is 5.83. The predicted molar refractivity (Wildman–Crippen MR) is 64.9 cm³/mol. The maximum atomic E-state index is 11.6. The molecule has 1 heterocycles. The molecule has 1 saturated carbocycles. The van der Waals surface area contributed by atoms with Crippen molar-refractivity contribution in [3.05, 3.63) is 29.8 Å². The Kier molecular flexibility index (Phi) is 2.35. The van der Waals surface area contributed by atoms with Gasteiger partial charge in [-0.15, -0.1) is 0 Å². The fraction of sp³-hybridized carbons (Fsp3) is 0.500. The van der Waals surface area contributed by atoms with Crippen LogP contribution in [0.5, 0.6) is 5.75 Å². The van der Waals surface area contributed by atoms with Gasteiger partial charge in [-0.25, -0.2) is 0 Å². The summed E-state index contributed by atoms with van der Waals surface area (Å²) in [5.74, 6) is 1.41. The number of para-hydroxylation sites is 1. The van der Waals surface area contributed by atoms with E-state index in [1.165, 1.54) is 5.56 Å². The summed E-state index contributed by atoms with van der Waals surface area (Å²) in [6, 6.07) is 8.11. The molecular weight excluding hydrogens is 214 g/mol. The van der Waals surface area contributed by atoms with Gasteiger partial charge in [-0.1, -0.05) is 18.2 Å². The quantitative estimate of drug-likeness (QED) is 0.861. The van der Waals surface area contributed by atoms with Crippen LogP contribution in [0.3, 0.4) is 0 Å². The normalized spacial score (nSPS) is 30.4. The molecule has 1 aromatic carbocycles. The second-order valence-electron chi connectivity index (χ2n) is 5.16. The van der Waals surface area contributed by atoms with Gasteiger partial charge in [0, 0.05) is 17.9 Å². The molecule has 2 fully saturated rings. The molecule has 2 unspecified atom stereocenters.